The van der Waals surface area contributed by atoms with E-state index in [4.69, 9.17) is 14.5 Å². The highest BCUT2D eigenvalue weighted by atomic mass is 17.3. The Morgan fingerprint density at radius 3 is 2.52 bits per heavy atom. The second-order valence-corrected chi connectivity index (χ2v) is 7.74. The maximum Gasteiger partial charge on any atom is 0.210 e. The summed E-state index contributed by atoms with van der Waals surface area (Å²) < 4.78 is 6.64. The van der Waals surface area contributed by atoms with Crippen LogP contribution < -0.4 is 0 Å². The van der Waals surface area contributed by atoms with Crippen LogP contribution in [0.15, 0.2) is 0 Å². The van der Waals surface area contributed by atoms with Gasteiger partial charge in [-0.3, -0.25) is 0 Å². The average Bonchev–Trinajstić information content (AvgIpc) is 2.85. The molecule has 2 spiro atoms. The van der Waals surface area contributed by atoms with Crippen LogP contribution in [0.5, 0.6) is 0 Å². The zero-order chi connectivity index (χ0) is 14.9. The van der Waals surface area contributed by atoms with Gasteiger partial charge in [-0.15, -0.1) is 0 Å². The largest absolute Gasteiger partial charge is 0.312 e. The van der Waals surface area contributed by atoms with Gasteiger partial charge in [0.25, 0.3) is 0 Å². The molecule has 0 bridgehead atoms. The molecule has 4 unspecified atom stereocenters. The van der Waals surface area contributed by atoms with Crippen LogP contribution in [0, 0.1) is 17.8 Å². The molecule has 1 saturated heterocycles. The van der Waals surface area contributed by atoms with Crippen molar-refractivity contribution in [3.05, 3.63) is 0 Å². The number of hydrogen-bond donors (Lipinski definition) is 0. The highest BCUT2D eigenvalue weighted by molar-refractivity contribution is 4.94. The van der Waals surface area contributed by atoms with Crippen molar-refractivity contribution in [1.29, 1.82) is 0 Å². The first-order valence-corrected chi connectivity index (χ1v) is 9.17. The van der Waals surface area contributed by atoms with E-state index in [2.05, 4.69) is 20.8 Å². The van der Waals surface area contributed by atoms with Gasteiger partial charge in [0.2, 0.25) is 11.6 Å². The lowest BCUT2D eigenvalue weighted by Crippen LogP contribution is -2.50. The Morgan fingerprint density at radius 1 is 1.05 bits per heavy atom. The summed E-state index contributed by atoms with van der Waals surface area (Å²) in [6.45, 7) is 6.91. The molecule has 3 rings (SSSR count). The van der Waals surface area contributed by atoms with Crippen molar-refractivity contribution in [3.63, 3.8) is 0 Å². The third kappa shape index (κ3) is 2.89. The predicted octanol–water partition coefficient (Wildman–Crippen LogP) is 5.19. The van der Waals surface area contributed by atoms with Crippen molar-refractivity contribution in [3.8, 4) is 0 Å². The quantitative estimate of drug-likeness (QED) is 0.670. The van der Waals surface area contributed by atoms with E-state index in [-0.39, 0.29) is 0 Å². The number of ether oxygens (including phenoxy) is 1. The summed E-state index contributed by atoms with van der Waals surface area (Å²) in [4.78, 5) is 11.9. The van der Waals surface area contributed by atoms with Crippen LogP contribution in [0.2, 0.25) is 0 Å². The minimum atomic E-state index is -0.473. The van der Waals surface area contributed by atoms with E-state index in [9.17, 15) is 0 Å². The van der Waals surface area contributed by atoms with Gasteiger partial charge in [0.15, 0.2) is 0 Å². The minimum Gasteiger partial charge on any atom is -0.312 e. The molecule has 122 valence electrons. The molecule has 4 atom stereocenters. The highest BCUT2D eigenvalue weighted by Gasteiger charge is 2.60. The summed E-state index contributed by atoms with van der Waals surface area (Å²) in [7, 11) is 0. The average molecular weight is 296 g/mol. The van der Waals surface area contributed by atoms with E-state index in [1.165, 1.54) is 51.4 Å². The van der Waals surface area contributed by atoms with Crippen molar-refractivity contribution in [2.75, 3.05) is 0 Å². The van der Waals surface area contributed by atoms with E-state index in [1.807, 2.05) is 0 Å². The Labute approximate surface area is 129 Å². The molecule has 3 nitrogen and oxygen atoms in total. The van der Waals surface area contributed by atoms with E-state index >= 15 is 0 Å². The molecule has 1 heterocycles. The van der Waals surface area contributed by atoms with Gasteiger partial charge in [-0.25, -0.2) is 0 Å². The van der Waals surface area contributed by atoms with Crippen LogP contribution in [-0.4, -0.2) is 11.6 Å². The third-order valence-electron chi connectivity index (χ3n) is 6.11. The van der Waals surface area contributed by atoms with E-state index < -0.39 is 11.6 Å². The van der Waals surface area contributed by atoms with Gasteiger partial charge in [-0.2, -0.15) is 9.78 Å². The van der Waals surface area contributed by atoms with Gasteiger partial charge >= 0.3 is 0 Å². The lowest BCUT2D eigenvalue weighted by molar-refractivity contribution is -0.376. The first-order chi connectivity index (χ1) is 10.1. The molecule has 0 aromatic carbocycles. The smallest absolute Gasteiger partial charge is 0.210 e. The molecule has 2 aliphatic carbocycles. The molecule has 0 aromatic heterocycles. The van der Waals surface area contributed by atoms with Gasteiger partial charge in [0.05, 0.1) is 0 Å². The topological polar surface area (TPSA) is 27.7 Å². The summed E-state index contributed by atoms with van der Waals surface area (Å²) in [5, 5.41) is 0. The van der Waals surface area contributed by atoms with Crippen LogP contribution in [0.4, 0.5) is 0 Å². The highest BCUT2D eigenvalue weighted by Crippen LogP contribution is 2.54. The molecule has 3 heteroatoms. The molecular formula is C18H32O3. The molecule has 0 radical (unpaired) electrons. The SMILES string of the molecule is CCC(C)CC1CCCC(C)C12OOC1(CCCCC1)O2. The molecule has 1 aliphatic heterocycles. The summed E-state index contributed by atoms with van der Waals surface area (Å²) in [5.41, 5.74) is 0. The zero-order valence-electron chi connectivity index (χ0n) is 14.0. The molecule has 2 saturated carbocycles. The molecule has 0 amide bonds. The minimum absolute atomic E-state index is 0.432. The van der Waals surface area contributed by atoms with Gasteiger partial charge in [-0.1, -0.05) is 40.0 Å². The predicted molar refractivity (Wildman–Crippen MR) is 82.4 cm³/mol. The number of rotatable bonds is 3. The van der Waals surface area contributed by atoms with Gasteiger partial charge in [0.1, 0.15) is 0 Å². The van der Waals surface area contributed by atoms with E-state index in [0.717, 1.165) is 18.8 Å². The van der Waals surface area contributed by atoms with Crippen LogP contribution in [0.3, 0.4) is 0 Å². The first kappa shape index (κ1) is 15.8. The van der Waals surface area contributed by atoms with Gasteiger partial charge < -0.3 is 4.74 Å². The second kappa shape index (κ2) is 6.17. The fraction of sp³-hybridized carbons (Fsp3) is 1.00. The van der Waals surface area contributed by atoms with Crippen molar-refractivity contribution < 1.29 is 14.5 Å². The monoisotopic (exact) mass is 296 g/mol. The Kier molecular flexibility index (Phi) is 4.63. The van der Waals surface area contributed by atoms with Gasteiger partial charge in [0, 0.05) is 24.7 Å². The Balaban J connectivity index is 1.78. The van der Waals surface area contributed by atoms with Crippen LogP contribution in [0.1, 0.15) is 85.0 Å². The molecule has 21 heavy (non-hydrogen) atoms. The van der Waals surface area contributed by atoms with Crippen molar-refractivity contribution >= 4 is 0 Å². The van der Waals surface area contributed by atoms with Crippen molar-refractivity contribution in [1.82, 2.24) is 0 Å². The van der Waals surface area contributed by atoms with Crippen LogP contribution in [-0.2, 0) is 14.5 Å². The maximum atomic E-state index is 6.64. The summed E-state index contributed by atoms with van der Waals surface area (Å²) in [5.74, 6) is 0.739. The fourth-order valence-electron chi connectivity index (χ4n) is 4.49. The van der Waals surface area contributed by atoms with Crippen LogP contribution in [0.25, 0.3) is 0 Å². The Hall–Kier alpha value is -0.120. The Morgan fingerprint density at radius 2 is 1.81 bits per heavy atom. The first-order valence-electron chi connectivity index (χ1n) is 9.17. The van der Waals surface area contributed by atoms with Crippen LogP contribution >= 0.6 is 0 Å². The molecule has 3 fully saturated rings. The summed E-state index contributed by atoms with van der Waals surface area (Å²) >= 11 is 0. The summed E-state index contributed by atoms with van der Waals surface area (Å²) in [6.07, 6.45) is 11.8. The zero-order valence-corrected chi connectivity index (χ0v) is 14.0. The van der Waals surface area contributed by atoms with E-state index in [1.54, 1.807) is 0 Å². The van der Waals surface area contributed by atoms with E-state index in [0.29, 0.717) is 11.8 Å². The molecule has 0 N–H and O–H groups in total. The number of hydrogen-bond acceptors (Lipinski definition) is 3. The molecular weight excluding hydrogens is 264 g/mol. The maximum absolute atomic E-state index is 6.64. The fourth-order valence-corrected chi connectivity index (χ4v) is 4.49. The molecule has 0 aromatic rings. The normalized spacial score (nSPS) is 40.7. The second-order valence-electron chi connectivity index (χ2n) is 7.74. The Bertz CT molecular complexity index is 350. The standard InChI is InChI=1S/C18H32O3/c1-4-14(2)13-16-10-8-9-15(3)18(16)19-17(20-21-18)11-6-5-7-12-17/h14-16H,4-13H2,1-3H3. The van der Waals surface area contributed by atoms with Gasteiger partial charge in [-0.05, 0) is 38.0 Å². The lowest BCUT2D eigenvalue weighted by Gasteiger charge is -2.44. The molecule has 3 aliphatic rings. The summed E-state index contributed by atoms with van der Waals surface area (Å²) in [6, 6.07) is 0. The van der Waals surface area contributed by atoms with Crippen molar-refractivity contribution in [2.45, 2.75) is 96.6 Å². The lowest BCUT2D eigenvalue weighted by atomic mass is 9.72. The third-order valence-corrected chi connectivity index (χ3v) is 6.11. The van der Waals surface area contributed by atoms with Crippen molar-refractivity contribution in [2.24, 2.45) is 17.8 Å².